The smallest absolute Gasteiger partial charge is 0.246 e. The number of aliphatic imine (C=N–C) groups is 1. The van der Waals surface area contributed by atoms with Gasteiger partial charge in [-0.15, -0.1) is 0 Å². The lowest BCUT2D eigenvalue weighted by Gasteiger charge is -2.35. The van der Waals surface area contributed by atoms with Crippen molar-refractivity contribution in [3.8, 4) is 5.75 Å². The quantitative estimate of drug-likeness (QED) is 0.387. The summed E-state index contributed by atoms with van der Waals surface area (Å²) in [6.07, 6.45) is 4.58. The van der Waals surface area contributed by atoms with Gasteiger partial charge in [-0.05, 0) is 38.2 Å². The third kappa shape index (κ3) is 6.45. The number of aromatic nitrogens is 2. The van der Waals surface area contributed by atoms with Crippen LogP contribution in [-0.2, 0) is 18.4 Å². The van der Waals surface area contributed by atoms with Crippen molar-refractivity contribution in [1.29, 1.82) is 0 Å². The fourth-order valence-corrected chi connectivity index (χ4v) is 3.46. The molecule has 0 atom stereocenters. The first kappa shape index (κ1) is 22.6. The van der Waals surface area contributed by atoms with Gasteiger partial charge in [-0.1, -0.05) is 12.1 Å². The number of aryl methyl sites for hydroxylation is 1. The van der Waals surface area contributed by atoms with Crippen molar-refractivity contribution in [1.82, 2.24) is 24.9 Å². The molecule has 3 rings (SSSR count). The Kier molecular flexibility index (Phi) is 7.88. The molecule has 1 aromatic carbocycles. The van der Waals surface area contributed by atoms with Crippen LogP contribution in [-0.4, -0.2) is 85.4 Å². The molecule has 31 heavy (non-hydrogen) atoms. The Balaban J connectivity index is 1.47. The van der Waals surface area contributed by atoms with E-state index >= 15 is 0 Å². The van der Waals surface area contributed by atoms with E-state index < -0.39 is 0 Å². The predicted octanol–water partition coefficient (Wildman–Crippen LogP) is 1.17. The largest absolute Gasteiger partial charge is 0.494 e. The highest BCUT2D eigenvalue weighted by molar-refractivity contribution is 5.98. The van der Waals surface area contributed by atoms with E-state index in [0.29, 0.717) is 26.2 Å². The number of nitrogens with one attached hydrogen (secondary N) is 1. The third-order valence-electron chi connectivity index (χ3n) is 5.13. The minimum Gasteiger partial charge on any atom is -0.494 e. The number of nitrogens with zero attached hydrogens (tertiary/aromatic N) is 6. The second-order valence-electron chi connectivity index (χ2n) is 7.89. The van der Waals surface area contributed by atoms with Crippen molar-refractivity contribution >= 4 is 17.6 Å². The zero-order valence-electron chi connectivity index (χ0n) is 18.9. The molecule has 0 saturated carbocycles. The second kappa shape index (κ2) is 10.8. The van der Waals surface area contributed by atoms with Crippen LogP contribution >= 0.6 is 0 Å². The van der Waals surface area contributed by atoms with Gasteiger partial charge in [0.1, 0.15) is 12.3 Å². The standard InChI is InChI=1S/C22H33N7O2/c1-23-22(28-11-12-29(21(30)17-28)19-15-25-27(4)16-19)24-14-18-6-8-20(9-7-18)31-13-5-10-26(2)3/h6-9,15-16H,5,10-14,17H2,1-4H3,(H,23,24). The number of ether oxygens (including phenoxy) is 1. The maximum Gasteiger partial charge on any atom is 0.246 e. The monoisotopic (exact) mass is 427 g/mol. The molecule has 1 amide bonds. The zero-order chi connectivity index (χ0) is 22.2. The number of anilines is 1. The molecule has 1 aliphatic heterocycles. The number of hydrogen-bond donors (Lipinski definition) is 1. The lowest BCUT2D eigenvalue weighted by Crippen LogP contribution is -2.55. The van der Waals surface area contributed by atoms with Crippen LogP contribution in [0.5, 0.6) is 5.75 Å². The van der Waals surface area contributed by atoms with Crippen LogP contribution in [0.2, 0.25) is 0 Å². The summed E-state index contributed by atoms with van der Waals surface area (Å²) in [5.41, 5.74) is 1.96. The van der Waals surface area contributed by atoms with E-state index in [1.54, 1.807) is 22.8 Å². The van der Waals surface area contributed by atoms with E-state index in [1.807, 2.05) is 42.4 Å². The second-order valence-corrected chi connectivity index (χ2v) is 7.89. The Morgan fingerprint density at radius 3 is 2.65 bits per heavy atom. The first-order chi connectivity index (χ1) is 15.0. The highest BCUT2D eigenvalue weighted by Crippen LogP contribution is 2.16. The number of guanidine groups is 1. The molecule has 1 aliphatic rings. The van der Waals surface area contributed by atoms with E-state index in [9.17, 15) is 4.79 Å². The van der Waals surface area contributed by atoms with Gasteiger partial charge >= 0.3 is 0 Å². The Bertz CT molecular complexity index is 876. The summed E-state index contributed by atoms with van der Waals surface area (Å²) in [5.74, 6) is 1.64. The molecule has 1 fully saturated rings. The molecule has 2 heterocycles. The number of carbonyl (C=O) groups is 1. The van der Waals surface area contributed by atoms with Crippen LogP contribution in [0.1, 0.15) is 12.0 Å². The van der Waals surface area contributed by atoms with E-state index in [0.717, 1.165) is 35.9 Å². The molecule has 168 valence electrons. The Morgan fingerprint density at radius 1 is 1.26 bits per heavy atom. The Morgan fingerprint density at radius 2 is 2.03 bits per heavy atom. The molecule has 0 bridgehead atoms. The molecule has 1 aromatic heterocycles. The van der Waals surface area contributed by atoms with Crippen molar-refractivity contribution in [3.63, 3.8) is 0 Å². The van der Waals surface area contributed by atoms with E-state index in [1.165, 1.54) is 0 Å². The maximum atomic E-state index is 12.6. The minimum atomic E-state index is 0.0398. The van der Waals surface area contributed by atoms with Gasteiger partial charge in [0.15, 0.2) is 5.96 Å². The summed E-state index contributed by atoms with van der Waals surface area (Å²) in [4.78, 5) is 22.9. The topological polar surface area (TPSA) is 78.2 Å². The molecule has 2 aromatic rings. The van der Waals surface area contributed by atoms with Gasteiger partial charge in [0.2, 0.25) is 5.91 Å². The van der Waals surface area contributed by atoms with E-state index in [4.69, 9.17) is 4.74 Å². The number of rotatable bonds is 8. The van der Waals surface area contributed by atoms with Gasteiger partial charge < -0.3 is 24.8 Å². The van der Waals surface area contributed by atoms with E-state index in [-0.39, 0.29) is 12.5 Å². The molecule has 0 unspecified atom stereocenters. The molecular weight excluding hydrogens is 394 g/mol. The first-order valence-electron chi connectivity index (χ1n) is 10.6. The zero-order valence-corrected chi connectivity index (χ0v) is 18.9. The van der Waals surface area contributed by atoms with Gasteiger partial charge in [-0.3, -0.25) is 14.5 Å². The van der Waals surface area contributed by atoms with Crippen molar-refractivity contribution in [2.45, 2.75) is 13.0 Å². The Hall–Kier alpha value is -3.07. The number of carbonyl (C=O) groups excluding carboxylic acids is 1. The molecule has 1 saturated heterocycles. The van der Waals surface area contributed by atoms with Crippen LogP contribution in [0.4, 0.5) is 5.69 Å². The summed E-state index contributed by atoms with van der Waals surface area (Å²) in [6.45, 7) is 3.95. The summed E-state index contributed by atoms with van der Waals surface area (Å²) in [5, 5.41) is 7.52. The van der Waals surface area contributed by atoms with Gasteiger partial charge in [0.25, 0.3) is 0 Å². The summed E-state index contributed by atoms with van der Waals surface area (Å²) in [7, 11) is 7.71. The summed E-state index contributed by atoms with van der Waals surface area (Å²) in [6, 6.07) is 8.08. The SMILES string of the molecule is CN=C(NCc1ccc(OCCCN(C)C)cc1)N1CCN(c2cnn(C)c2)C(=O)C1. The third-order valence-corrected chi connectivity index (χ3v) is 5.13. The molecule has 9 nitrogen and oxygen atoms in total. The fraction of sp³-hybridized carbons (Fsp3) is 0.500. The average Bonchev–Trinajstić information content (AvgIpc) is 3.18. The van der Waals surface area contributed by atoms with Crippen LogP contribution in [0.3, 0.4) is 0 Å². The van der Waals surface area contributed by atoms with E-state index in [2.05, 4.69) is 34.4 Å². The molecule has 9 heteroatoms. The number of piperazine rings is 1. The number of benzene rings is 1. The van der Waals surface area contributed by atoms with Crippen LogP contribution < -0.4 is 15.0 Å². The van der Waals surface area contributed by atoms with Crippen molar-refractivity contribution in [2.75, 3.05) is 58.8 Å². The van der Waals surface area contributed by atoms with Crippen LogP contribution in [0, 0.1) is 0 Å². The molecule has 0 aliphatic carbocycles. The lowest BCUT2D eigenvalue weighted by atomic mass is 10.2. The first-order valence-corrected chi connectivity index (χ1v) is 10.6. The lowest BCUT2D eigenvalue weighted by molar-refractivity contribution is -0.120. The summed E-state index contributed by atoms with van der Waals surface area (Å²) < 4.78 is 7.49. The highest BCUT2D eigenvalue weighted by atomic mass is 16.5. The predicted molar refractivity (Wildman–Crippen MR) is 122 cm³/mol. The maximum absolute atomic E-state index is 12.6. The van der Waals surface area contributed by atoms with Gasteiger partial charge in [0, 0.05) is 46.5 Å². The van der Waals surface area contributed by atoms with Crippen molar-refractivity contribution in [3.05, 3.63) is 42.2 Å². The summed E-state index contributed by atoms with van der Waals surface area (Å²) >= 11 is 0. The van der Waals surface area contributed by atoms with Gasteiger partial charge in [-0.25, -0.2) is 0 Å². The van der Waals surface area contributed by atoms with Crippen molar-refractivity contribution in [2.24, 2.45) is 12.0 Å². The molecular formula is C22H33N7O2. The van der Waals surface area contributed by atoms with Crippen LogP contribution in [0.25, 0.3) is 0 Å². The molecule has 1 N–H and O–H groups in total. The Labute approximate surface area is 184 Å². The van der Waals surface area contributed by atoms with Crippen molar-refractivity contribution < 1.29 is 9.53 Å². The molecule has 0 radical (unpaired) electrons. The normalized spacial score (nSPS) is 15.0. The van der Waals surface area contributed by atoms with Gasteiger partial charge in [-0.2, -0.15) is 5.10 Å². The molecule has 0 spiro atoms. The fourth-order valence-electron chi connectivity index (χ4n) is 3.46. The minimum absolute atomic E-state index is 0.0398. The number of hydrogen-bond acceptors (Lipinski definition) is 5. The highest BCUT2D eigenvalue weighted by Gasteiger charge is 2.27. The number of amides is 1. The van der Waals surface area contributed by atoms with Gasteiger partial charge in [0.05, 0.1) is 18.5 Å². The van der Waals surface area contributed by atoms with Crippen LogP contribution in [0.15, 0.2) is 41.7 Å². The average molecular weight is 428 g/mol.